The number of hydrazine groups is 1. The van der Waals surface area contributed by atoms with Gasteiger partial charge in [-0.3, -0.25) is 5.43 Å². The van der Waals surface area contributed by atoms with Crippen LogP contribution in [0, 0.1) is 6.92 Å². The van der Waals surface area contributed by atoms with Crippen molar-refractivity contribution in [3.05, 3.63) is 23.3 Å². The molecule has 0 fully saturated rings. The molecule has 18 heavy (non-hydrogen) atoms. The van der Waals surface area contributed by atoms with E-state index in [1.54, 1.807) is 0 Å². The molecule has 0 saturated heterocycles. The van der Waals surface area contributed by atoms with Gasteiger partial charge in [0, 0.05) is 11.5 Å². The van der Waals surface area contributed by atoms with Crippen LogP contribution in [0.25, 0.3) is 0 Å². The summed E-state index contributed by atoms with van der Waals surface area (Å²) in [6.45, 7) is 6.25. The molecular weight excluding hydrogens is 232 g/mol. The summed E-state index contributed by atoms with van der Waals surface area (Å²) in [6, 6.07) is 3.90. The second-order valence-electron chi connectivity index (χ2n) is 4.53. The van der Waals surface area contributed by atoms with Gasteiger partial charge in [0.25, 0.3) is 0 Å². The Labute approximate surface area is 106 Å². The van der Waals surface area contributed by atoms with Crippen LogP contribution in [0.5, 0.6) is 5.75 Å². The van der Waals surface area contributed by atoms with Crippen molar-refractivity contribution >= 4 is 11.8 Å². The normalized spacial score (nSPS) is 20.9. The number of rotatable bonds is 2. The fourth-order valence-corrected chi connectivity index (χ4v) is 2.18. The van der Waals surface area contributed by atoms with Crippen LogP contribution in [-0.4, -0.2) is 19.3 Å². The molecule has 2 atom stereocenters. The van der Waals surface area contributed by atoms with E-state index in [9.17, 15) is 4.79 Å². The molecule has 2 unspecified atom stereocenters. The number of methoxy groups -OCH3 is 1. The van der Waals surface area contributed by atoms with Gasteiger partial charge >= 0.3 is 6.09 Å². The average Bonchev–Trinajstić information content (AvgIpc) is 2.65. The largest absolute Gasteiger partial charge is 0.488 e. The summed E-state index contributed by atoms with van der Waals surface area (Å²) in [7, 11) is 1.32. The highest BCUT2D eigenvalue weighted by molar-refractivity contribution is 5.72. The molecular formula is C13H18N2O3. The highest BCUT2D eigenvalue weighted by Gasteiger charge is 2.31. The standard InChI is InChI=1S/C13H18N2O3/c1-7-5-6-10(14-15-13(16)17-4)12-11(7)8(2)9(3)18-12/h5-6,8-9,14H,1-4H3,(H,15,16). The van der Waals surface area contributed by atoms with E-state index in [0.717, 1.165) is 11.4 Å². The zero-order chi connectivity index (χ0) is 13.3. The Morgan fingerprint density at radius 2 is 2.11 bits per heavy atom. The maximum Gasteiger partial charge on any atom is 0.425 e. The van der Waals surface area contributed by atoms with Gasteiger partial charge in [-0.05, 0) is 25.5 Å². The van der Waals surface area contributed by atoms with E-state index >= 15 is 0 Å². The summed E-state index contributed by atoms with van der Waals surface area (Å²) in [4.78, 5) is 11.0. The molecule has 2 rings (SSSR count). The van der Waals surface area contributed by atoms with Gasteiger partial charge in [0.05, 0.1) is 12.8 Å². The third kappa shape index (κ3) is 2.08. The van der Waals surface area contributed by atoms with Crippen molar-refractivity contribution < 1.29 is 14.3 Å². The number of hydrogen-bond donors (Lipinski definition) is 2. The molecule has 2 N–H and O–H groups in total. The van der Waals surface area contributed by atoms with Gasteiger partial charge in [-0.25, -0.2) is 10.2 Å². The molecule has 1 aromatic rings. The van der Waals surface area contributed by atoms with Gasteiger partial charge in [-0.1, -0.05) is 13.0 Å². The van der Waals surface area contributed by atoms with E-state index in [2.05, 4.69) is 29.4 Å². The molecule has 1 aliphatic rings. The van der Waals surface area contributed by atoms with Crippen molar-refractivity contribution in [2.24, 2.45) is 0 Å². The minimum Gasteiger partial charge on any atom is -0.488 e. The van der Waals surface area contributed by atoms with E-state index in [4.69, 9.17) is 4.74 Å². The fraction of sp³-hybridized carbons (Fsp3) is 0.462. The van der Waals surface area contributed by atoms with Crippen LogP contribution < -0.4 is 15.6 Å². The van der Waals surface area contributed by atoms with Crippen LogP contribution in [0.4, 0.5) is 10.5 Å². The van der Waals surface area contributed by atoms with Crippen molar-refractivity contribution in [3.8, 4) is 5.75 Å². The lowest BCUT2D eigenvalue weighted by Gasteiger charge is -2.13. The lowest BCUT2D eigenvalue weighted by molar-refractivity contribution is 0.173. The van der Waals surface area contributed by atoms with Gasteiger partial charge in [0.2, 0.25) is 0 Å². The van der Waals surface area contributed by atoms with Crippen molar-refractivity contribution in [1.29, 1.82) is 0 Å². The number of carbonyl (C=O) groups excluding carboxylic acids is 1. The van der Waals surface area contributed by atoms with E-state index < -0.39 is 6.09 Å². The number of fused-ring (bicyclic) bond motifs is 1. The molecule has 5 heteroatoms. The van der Waals surface area contributed by atoms with E-state index in [-0.39, 0.29) is 6.10 Å². The number of carbonyl (C=O) groups is 1. The van der Waals surface area contributed by atoms with Gasteiger partial charge in [0.15, 0.2) is 0 Å². The fourth-order valence-electron chi connectivity index (χ4n) is 2.18. The topological polar surface area (TPSA) is 59.6 Å². The summed E-state index contributed by atoms with van der Waals surface area (Å²) in [5, 5.41) is 0. The molecule has 1 aromatic carbocycles. The predicted molar refractivity (Wildman–Crippen MR) is 68.8 cm³/mol. The van der Waals surface area contributed by atoms with Crippen LogP contribution in [-0.2, 0) is 4.74 Å². The van der Waals surface area contributed by atoms with Crippen LogP contribution in [0.1, 0.15) is 30.9 Å². The minimum absolute atomic E-state index is 0.139. The first-order valence-corrected chi connectivity index (χ1v) is 5.94. The van der Waals surface area contributed by atoms with Crippen molar-refractivity contribution in [3.63, 3.8) is 0 Å². The van der Waals surface area contributed by atoms with Gasteiger partial charge < -0.3 is 9.47 Å². The van der Waals surface area contributed by atoms with Crippen molar-refractivity contribution in [2.75, 3.05) is 12.5 Å². The maximum absolute atomic E-state index is 11.0. The molecule has 1 amide bonds. The number of nitrogens with one attached hydrogen (secondary N) is 2. The Balaban J connectivity index is 2.27. The van der Waals surface area contributed by atoms with Crippen LogP contribution in [0.15, 0.2) is 12.1 Å². The molecule has 98 valence electrons. The minimum atomic E-state index is -0.539. The first-order chi connectivity index (χ1) is 8.54. The summed E-state index contributed by atoms with van der Waals surface area (Å²) in [6.07, 6.45) is -0.400. The number of ether oxygens (including phenoxy) is 2. The Kier molecular flexibility index (Phi) is 3.32. The molecule has 0 aliphatic carbocycles. The van der Waals surface area contributed by atoms with Crippen LogP contribution in [0.3, 0.4) is 0 Å². The second-order valence-corrected chi connectivity index (χ2v) is 4.53. The number of benzene rings is 1. The molecule has 0 saturated carbocycles. The SMILES string of the molecule is COC(=O)NNc1ccc(C)c2c1OC(C)C2C. The van der Waals surface area contributed by atoms with Gasteiger partial charge in [-0.2, -0.15) is 0 Å². The third-order valence-corrected chi connectivity index (χ3v) is 3.36. The quantitative estimate of drug-likeness (QED) is 0.792. The molecule has 0 bridgehead atoms. The van der Waals surface area contributed by atoms with Gasteiger partial charge in [0.1, 0.15) is 11.9 Å². The number of anilines is 1. The van der Waals surface area contributed by atoms with Crippen molar-refractivity contribution in [2.45, 2.75) is 32.8 Å². The maximum atomic E-state index is 11.0. The zero-order valence-corrected chi connectivity index (χ0v) is 11.0. The molecule has 5 nitrogen and oxygen atoms in total. The van der Waals surface area contributed by atoms with E-state index in [1.807, 2.05) is 19.1 Å². The monoisotopic (exact) mass is 250 g/mol. The summed E-state index contributed by atoms with van der Waals surface area (Å²) >= 11 is 0. The number of amides is 1. The van der Waals surface area contributed by atoms with Crippen LogP contribution in [0.2, 0.25) is 0 Å². The highest BCUT2D eigenvalue weighted by atomic mass is 16.5. The molecule has 0 spiro atoms. The third-order valence-electron chi connectivity index (χ3n) is 3.36. The average molecular weight is 250 g/mol. The molecule has 1 aliphatic heterocycles. The Morgan fingerprint density at radius 1 is 1.39 bits per heavy atom. The summed E-state index contributed by atoms with van der Waals surface area (Å²) in [5.74, 6) is 1.16. The second kappa shape index (κ2) is 4.76. The van der Waals surface area contributed by atoms with Crippen molar-refractivity contribution in [1.82, 2.24) is 5.43 Å². The smallest absolute Gasteiger partial charge is 0.425 e. The summed E-state index contributed by atoms with van der Waals surface area (Å²) in [5.41, 5.74) is 8.39. The van der Waals surface area contributed by atoms with Crippen LogP contribution >= 0.6 is 0 Å². The zero-order valence-electron chi connectivity index (χ0n) is 11.0. The number of aryl methyl sites for hydroxylation is 1. The first-order valence-electron chi connectivity index (χ1n) is 5.94. The van der Waals surface area contributed by atoms with E-state index in [1.165, 1.54) is 18.2 Å². The predicted octanol–water partition coefficient (Wildman–Crippen LogP) is 2.56. The molecule has 1 heterocycles. The van der Waals surface area contributed by atoms with E-state index in [0.29, 0.717) is 5.92 Å². The Hall–Kier alpha value is -1.91. The molecule has 0 aromatic heterocycles. The summed E-state index contributed by atoms with van der Waals surface area (Å²) < 4.78 is 10.3. The van der Waals surface area contributed by atoms with Gasteiger partial charge in [-0.15, -0.1) is 0 Å². The lowest BCUT2D eigenvalue weighted by atomic mass is 9.94. The number of hydrogen-bond acceptors (Lipinski definition) is 4. The lowest BCUT2D eigenvalue weighted by Crippen LogP contribution is -2.29. The Morgan fingerprint density at radius 3 is 2.78 bits per heavy atom. The molecule has 0 radical (unpaired) electrons. The Bertz CT molecular complexity index is 474. The first kappa shape index (κ1) is 12.5. The highest BCUT2D eigenvalue weighted by Crippen LogP contribution is 2.44.